The molecule has 3 rings (SSSR count). The van der Waals surface area contributed by atoms with Crippen LogP contribution in [-0.2, 0) is 23.6 Å². The highest BCUT2D eigenvalue weighted by molar-refractivity contribution is 7.98. The fraction of sp³-hybridized carbons (Fsp3) is 0.333. The average molecular weight is 314 g/mol. The Morgan fingerprint density at radius 3 is 3.05 bits per heavy atom. The van der Waals surface area contributed by atoms with Gasteiger partial charge >= 0.3 is 0 Å². The third-order valence-electron chi connectivity index (χ3n) is 2.73. The highest BCUT2D eigenvalue weighted by Crippen LogP contribution is 2.35. The van der Waals surface area contributed by atoms with E-state index >= 15 is 0 Å². The molecule has 0 amide bonds. The standard InChI is InChI=1S/C12H12ClN3O3S/c13-9-1-7-4-17-6-18-11(7)8(2-9)5-20-12-16-15-10(3-14)19-12/h1-2H,3-6,14H2. The molecule has 8 heteroatoms. The molecule has 1 aliphatic rings. The van der Waals surface area contributed by atoms with E-state index < -0.39 is 0 Å². The smallest absolute Gasteiger partial charge is 0.276 e. The molecule has 0 saturated carbocycles. The topological polar surface area (TPSA) is 83.4 Å². The maximum Gasteiger partial charge on any atom is 0.276 e. The maximum absolute atomic E-state index is 6.10. The molecule has 106 valence electrons. The van der Waals surface area contributed by atoms with Gasteiger partial charge in [0, 0.05) is 21.9 Å². The Morgan fingerprint density at radius 1 is 1.35 bits per heavy atom. The first-order chi connectivity index (χ1) is 9.76. The molecule has 0 spiro atoms. The molecule has 6 nitrogen and oxygen atoms in total. The van der Waals surface area contributed by atoms with Gasteiger partial charge in [-0.2, -0.15) is 0 Å². The van der Waals surface area contributed by atoms with Crippen molar-refractivity contribution in [3.63, 3.8) is 0 Å². The van der Waals surface area contributed by atoms with Crippen LogP contribution in [0.15, 0.2) is 21.8 Å². The molecule has 0 bridgehead atoms. The SMILES string of the molecule is NCc1nnc(SCc2cc(Cl)cc3c2OCOC3)o1. The molecule has 0 fully saturated rings. The molecule has 0 radical (unpaired) electrons. The first-order valence-electron chi connectivity index (χ1n) is 5.93. The molecule has 2 heterocycles. The van der Waals surface area contributed by atoms with Gasteiger partial charge in [-0.05, 0) is 12.1 Å². The van der Waals surface area contributed by atoms with Crippen molar-refractivity contribution >= 4 is 23.4 Å². The van der Waals surface area contributed by atoms with E-state index in [1.165, 1.54) is 11.8 Å². The van der Waals surface area contributed by atoms with Crippen LogP contribution in [0.3, 0.4) is 0 Å². The van der Waals surface area contributed by atoms with Crippen molar-refractivity contribution in [2.45, 2.75) is 24.1 Å². The largest absolute Gasteiger partial charge is 0.467 e. The summed E-state index contributed by atoms with van der Waals surface area (Å²) in [6.45, 7) is 0.996. The van der Waals surface area contributed by atoms with Crippen LogP contribution in [0, 0.1) is 0 Å². The summed E-state index contributed by atoms with van der Waals surface area (Å²) in [7, 11) is 0. The second-order valence-corrected chi connectivity index (χ2v) is 5.48. The van der Waals surface area contributed by atoms with E-state index in [1.807, 2.05) is 12.1 Å². The number of thioether (sulfide) groups is 1. The van der Waals surface area contributed by atoms with Gasteiger partial charge in [0.05, 0.1) is 13.2 Å². The Kier molecular flexibility index (Phi) is 4.11. The van der Waals surface area contributed by atoms with Crippen LogP contribution in [0.2, 0.25) is 5.02 Å². The van der Waals surface area contributed by atoms with E-state index in [1.54, 1.807) is 0 Å². The summed E-state index contributed by atoms with van der Waals surface area (Å²) in [4.78, 5) is 0. The number of fused-ring (bicyclic) bond motifs is 1. The van der Waals surface area contributed by atoms with Crippen LogP contribution in [0.4, 0.5) is 0 Å². The van der Waals surface area contributed by atoms with Crippen LogP contribution in [0.25, 0.3) is 0 Å². The molecule has 1 aromatic heterocycles. The second-order valence-electron chi connectivity index (χ2n) is 4.12. The Balaban J connectivity index is 1.78. The van der Waals surface area contributed by atoms with Gasteiger partial charge in [0.15, 0.2) is 6.79 Å². The lowest BCUT2D eigenvalue weighted by atomic mass is 10.1. The number of halogens is 1. The van der Waals surface area contributed by atoms with Crippen molar-refractivity contribution < 1.29 is 13.9 Å². The molecule has 0 saturated heterocycles. The van der Waals surface area contributed by atoms with Crippen molar-refractivity contribution in [1.29, 1.82) is 0 Å². The van der Waals surface area contributed by atoms with E-state index in [-0.39, 0.29) is 13.3 Å². The molecule has 0 aliphatic carbocycles. The van der Waals surface area contributed by atoms with Crippen molar-refractivity contribution in [1.82, 2.24) is 10.2 Å². The number of aromatic nitrogens is 2. The fourth-order valence-electron chi connectivity index (χ4n) is 1.88. The molecule has 2 aromatic rings. The van der Waals surface area contributed by atoms with E-state index in [9.17, 15) is 0 Å². The summed E-state index contributed by atoms with van der Waals surface area (Å²) in [5.41, 5.74) is 7.36. The van der Waals surface area contributed by atoms with Crippen molar-refractivity contribution in [3.05, 3.63) is 34.2 Å². The van der Waals surface area contributed by atoms with Crippen LogP contribution in [0.1, 0.15) is 17.0 Å². The fourth-order valence-corrected chi connectivity index (χ4v) is 2.89. The molecule has 0 atom stereocenters. The molecule has 0 unspecified atom stereocenters. The van der Waals surface area contributed by atoms with Crippen molar-refractivity contribution in [2.75, 3.05) is 6.79 Å². The number of ether oxygens (including phenoxy) is 2. The van der Waals surface area contributed by atoms with Gasteiger partial charge in [-0.15, -0.1) is 10.2 Å². The normalized spacial score (nSPS) is 13.9. The minimum absolute atomic E-state index is 0.237. The molecular formula is C12H12ClN3O3S. The molecule has 1 aliphatic heterocycles. The molecule has 2 N–H and O–H groups in total. The highest BCUT2D eigenvalue weighted by Gasteiger charge is 2.17. The number of hydrogen-bond acceptors (Lipinski definition) is 7. The minimum Gasteiger partial charge on any atom is -0.467 e. The summed E-state index contributed by atoms with van der Waals surface area (Å²) in [5, 5.41) is 8.85. The Bertz CT molecular complexity index is 620. The molecular weight excluding hydrogens is 302 g/mol. The lowest BCUT2D eigenvalue weighted by Crippen LogP contribution is -2.12. The quantitative estimate of drug-likeness (QED) is 0.867. The van der Waals surface area contributed by atoms with E-state index in [2.05, 4.69) is 10.2 Å². The van der Waals surface area contributed by atoms with Gasteiger partial charge in [-0.25, -0.2) is 0 Å². The summed E-state index contributed by atoms with van der Waals surface area (Å²) < 4.78 is 16.1. The van der Waals surface area contributed by atoms with E-state index in [0.717, 1.165) is 16.9 Å². The third-order valence-corrected chi connectivity index (χ3v) is 3.81. The first-order valence-corrected chi connectivity index (χ1v) is 7.29. The van der Waals surface area contributed by atoms with Crippen molar-refractivity contribution in [3.8, 4) is 5.75 Å². The number of rotatable bonds is 4. The number of hydrogen-bond donors (Lipinski definition) is 1. The summed E-state index contributed by atoms with van der Waals surface area (Å²) in [6.07, 6.45) is 0. The van der Waals surface area contributed by atoms with Crippen LogP contribution in [-0.4, -0.2) is 17.0 Å². The lowest BCUT2D eigenvalue weighted by Gasteiger charge is -2.20. The number of nitrogens with zero attached hydrogens (tertiary/aromatic N) is 2. The number of benzene rings is 1. The van der Waals surface area contributed by atoms with Gasteiger partial charge in [0.25, 0.3) is 5.22 Å². The monoisotopic (exact) mass is 313 g/mol. The average Bonchev–Trinajstić information content (AvgIpc) is 2.92. The summed E-state index contributed by atoms with van der Waals surface area (Å²) >= 11 is 7.52. The summed E-state index contributed by atoms with van der Waals surface area (Å²) in [6, 6.07) is 3.72. The van der Waals surface area contributed by atoms with Crippen LogP contribution in [0.5, 0.6) is 5.75 Å². The van der Waals surface area contributed by atoms with Crippen LogP contribution >= 0.6 is 23.4 Å². The van der Waals surface area contributed by atoms with Gasteiger partial charge in [0.2, 0.25) is 5.89 Å². The Hall–Kier alpha value is -1.28. The van der Waals surface area contributed by atoms with E-state index in [0.29, 0.717) is 28.5 Å². The molecule has 1 aromatic carbocycles. The van der Waals surface area contributed by atoms with Gasteiger partial charge in [-0.3, -0.25) is 0 Å². The maximum atomic E-state index is 6.10. The third kappa shape index (κ3) is 2.90. The van der Waals surface area contributed by atoms with Gasteiger partial charge in [-0.1, -0.05) is 23.4 Å². The first kappa shape index (κ1) is 13.7. The zero-order valence-corrected chi connectivity index (χ0v) is 12.0. The zero-order chi connectivity index (χ0) is 13.9. The Morgan fingerprint density at radius 2 is 2.25 bits per heavy atom. The lowest BCUT2D eigenvalue weighted by molar-refractivity contribution is -0.0168. The molecule has 20 heavy (non-hydrogen) atoms. The van der Waals surface area contributed by atoms with Gasteiger partial charge in [0.1, 0.15) is 5.75 Å². The summed E-state index contributed by atoms with van der Waals surface area (Å²) in [5.74, 6) is 1.87. The van der Waals surface area contributed by atoms with Crippen molar-refractivity contribution in [2.24, 2.45) is 5.73 Å². The predicted molar refractivity (Wildman–Crippen MR) is 73.5 cm³/mol. The number of nitrogens with two attached hydrogens (primary N) is 1. The highest BCUT2D eigenvalue weighted by atomic mass is 35.5. The Labute approximate surface area is 124 Å². The second kappa shape index (κ2) is 6.01. The van der Waals surface area contributed by atoms with Crippen LogP contribution < -0.4 is 10.5 Å². The van der Waals surface area contributed by atoms with E-state index in [4.69, 9.17) is 31.2 Å². The predicted octanol–water partition coefficient (Wildman–Crippen LogP) is 2.34. The van der Waals surface area contributed by atoms with Gasteiger partial charge < -0.3 is 19.6 Å². The zero-order valence-electron chi connectivity index (χ0n) is 10.5. The minimum atomic E-state index is 0.237.